The molecule has 406 valence electrons. The van der Waals surface area contributed by atoms with Crippen LogP contribution in [0.2, 0.25) is 0 Å². The van der Waals surface area contributed by atoms with Gasteiger partial charge in [0.2, 0.25) is 0 Å². The largest absolute Gasteiger partial charge is 0.468 e. The zero-order chi connectivity index (χ0) is 56.1. The normalized spacial score (nSPS) is 21.2. The molecule has 7 aromatic carbocycles. The van der Waals surface area contributed by atoms with Crippen molar-refractivity contribution in [2.75, 3.05) is 9.80 Å². The molecule has 0 saturated heterocycles. The van der Waals surface area contributed by atoms with Gasteiger partial charge in [-0.25, -0.2) is 0 Å². The molecule has 0 spiro atoms. The Kier molecular flexibility index (Phi) is 9.81. The van der Waals surface area contributed by atoms with Crippen molar-refractivity contribution in [1.82, 2.24) is 4.57 Å². The van der Waals surface area contributed by atoms with E-state index in [0.29, 0.717) is 0 Å². The van der Waals surface area contributed by atoms with Crippen molar-refractivity contribution < 1.29 is 4.42 Å². The first kappa shape index (κ1) is 50.5. The van der Waals surface area contributed by atoms with E-state index in [1.807, 2.05) is 0 Å². The van der Waals surface area contributed by atoms with E-state index >= 15 is 0 Å². The minimum atomic E-state index is -0.227. The Morgan fingerprint density at radius 2 is 0.988 bits per heavy atom. The fourth-order valence-electron chi connectivity index (χ4n) is 16.3. The first-order valence-corrected chi connectivity index (χ1v) is 30.4. The highest BCUT2D eigenvalue weighted by molar-refractivity contribution is 7.00. The summed E-state index contributed by atoms with van der Waals surface area (Å²) in [6, 6.07) is 47.4. The van der Waals surface area contributed by atoms with Gasteiger partial charge in [-0.3, -0.25) is 0 Å². The molecular weight excluding hydrogens is 970 g/mol. The second-order valence-electron chi connectivity index (χ2n) is 31.5. The topological polar surface area (TPSA) is 24.6 Å². The van der Waals surface area contributed by atoms with Crippen molar-refractivity contribution in [1.29, 1.82) is 0 Å². The summed E-state index contributed by atoms with van der Waals surface area (Å²) < 4.78 is 10.5. The molecule has 3 aliphatic carbocycles. The summed E-state index contributed by atoms with van der Waals surface area (Å²) >= 11 is 0. The van der Waals surface area contributed by atoms with Crippen LogP contribution in [-0.4, -0.2) is 11.3 Å². The summed E-state index contributed by atoms with van der Waals surface area (Å²) in [7, 11) is 0. The molecule has 0 N–H and O–H groups in total. The first-order chi connectivity index (χ1) is 37.5. The highest BCUT2D eigenvalue weighted by atomic mass is 16.3. The number of benzene rings is 7. The molecule has 15 rings (SSSR count). The highest BCUT2D eigenvalue weighted by Gasteiger charge is 2.51. The number of furan rings is 1. The highest BCUT2D eigenvalue weighted by Crippen LogP contribution is 2.57. The number of anilines is 6. The lowest BCUT2D eigenvalue weighted by Gasteiger charge is -2.47. The number of hydrogen-bond acceptors (Lipinski definition) is 3. The summed E-state index contributed by atoms with van der Waals surface area (Å²) in [5.41, 5.74) is 28.1. The average Bonchev–Trinajstić information content (AvgIpc) is 1.74. The van der Waals surface area contributed by atoms with Gasteiger partial charge in [0.25, 0.3) is 6.71 Å². The van der Waals surface area contributed by atoms with Crippen LogP contribution in [0.4, 0.5) is 34.1 Å². The van der Waals surface area contributed by atoms with Gasteiger partial charge in [-0.05, 0) is 204 Å². The Hall–Kier alpha value is -6.46. The van der Waals surface area contributed by atoms with Crippen molar-refractivity contribution in [2.45, 2.75) is 200 Å². The third-order valence-corrected chi connectivity index (χ3v) is 21.9. The van der Waals surface area contributed by atoms with E-state index < -0.39 is 0 Å². The fraction of sp³-hybridized carbons (Fsp3) is 0.413. The standard InChI is InChI=1S/C75H82BN3O/c1-68(2,3)44-32-45(69(4,5)6)34-47(33-44)78-61-41-55-54(72(11,12)27-28-73(55,13)14)40-58(61)76-65-62(78)37-48-38-63(65)79(66-51-39-53-56(42-64(51)80-67(66)76)74(15,16)29-26-71(53,9)10)46-23-25-52-57(36-46)75(17,31-30-70(52,7)8)43-22-24-50-49-20-18-19-21-59(49)77(48)60(50)35-43/h18-25,32-42H,26-31H2,1-17H3. The van der Waals surface area contributed by atoms with Gasteiger partial charge in [-0.15, -0.1) is 0 Å². The Labute approximate surface area is 477 Å². The lowest BCUT2D eigenvalue weighted by molar-refractivity contribution is 0.332. The van der Waals surface area contributed by atoms with E-state index in [2.05, 4.69) is 247 Å². The second-order valence-corrected chi connectivity index (χ2v) is 31.5. The summed E-state index contributed by atoms with van der Waals surface area (Å²) in [4.78, 5) is 5.43. The van der Waals surface area contributed by atoms with Crippen molar-refractivity contribution in [3.8, 4) is 5.69 Å². The fourth-order valence-corrected chi connectivity index (χ4v) is 16.3. The predicted molar refractivity (Wildman–Crippen MR) is 341 cm³/mol. The number of fused-ring (bicyclic) bond motifs is 18. The molecule has 0 radical (unpaired) electrons. The smallest absolute Gasteiger partial charge is 0.297 e. The summed E-state index contributed by atoms with van der Waals surface area (Å²) in [6.45, 7) is 41.5. The maximum Gasteiger partial charge on any atom is 0.297 e. The molecular formula is C75H82BN3O. The van der Waals surface area contributed by atoms with Gasteiger partial charge >= 0.3 is 0 Å². The molecule has 9 aromatic rings. The summed E-state index contributed by atoms with van der Waals surface area (Å²) in [5, 5.41) is 3.79. The number of aromatic nitrogens is 1. The third kappa shape index (κ3) is 6.76. The summed E-state index contributed by atoms with van der Waals surface area (Å²) in [5.74, 6) is 0. The van der Waals surface area contributed by atoms with Crippen LogP contribution in [0, 0.1) is 0 Å². The van der Waals surface area contributed by atoms with Crippen LogP contribution >= 0.6 is 0 Å². The zero-order valence-corrected chi connectivity index (χ0v) is 51.0. The van der Waals surface area contributed by atoms with E-state index in [-0.39, 0.29) is 50.0 Å². The van der Waals surface area contributed by atoms with E-state index in [9.17, 15) is 0 Å². The number of nitrogens with zero attached hydrogens (tertiary/aromatic N) is 3. The molecule has 6 aliphatic rings. The van der Waals surface area contributed by atoms with Crippen LogP contribution in [0.5, 0.6) is 0 Å². The molecule has 2 aromatic heterocycles. The Morgan fingerprint density at radius 3 is 1.64 bits per heavy atom. The van der Waals surface area contributed by atoms with Gasteiger partial charge in [-0.1, -0.05) is 166 Å². The molecule has 1 unspecified atom stereocenters. The van der Waals surface area contributed by atoms with E-state index in [4.69, 9.17) is 4.42 Å². The maximum atomic E-state index is 7.92. The lowest BCUT2D eigenvalue weighted by atomic mass is 9.35. The monoisotopic (exact) mass is 1050 g/mol. The summed E-state index contributed by atoms with van der Waals surface area (Å²) in [6.07, 6.45) is 6.75. The quantitative estimate of drug-likeness (QED) is 0.153. The van der Waals surface area contributed by atoms with Crippen molar-refractivity contribution in [3.05, 3.63) is 165 Å². The zero-order valence-electron chi connectivity index (χ0n) is 51.0. The molecule has 4 nitrogen and oxygen atoms in total. The van der Waals surface area contributed by atoms with Crippen LogP contribution in [-0.2, 0) is 43.3 Å². The number of hydrogen-bond donors (Lipinski definition) is 0. The SMILES string of the molecule is CC(C)(C)c1cc(N2c3cc4c(cc3B3c5oc6cc7c(cc6c5N5c6ccc8c(c6)C(C)(CCC8(C)C)c6ccc8c9ccccc9n(c8c6)-c6cc2c3c5c6)C(C)(C)CCC7(C)C)C(C)(C)CCC4(C)C)cc(C(C)(C)C)c1. The Morgan fingerprint density at radius 1 is 0.425 bits per heavy atom. The molecule has 0 saturated carbocycles. The van der Waals surface area contributed by atoms with Gasteiger partial charge in [0.15, 0.2) is 0 Å². The van der Waals surface area contributed by atoms with E-state index in [0.717, 1.165) is 49.8 Å². The van der Waals surface area contributed by atoms with Crippen molar-refractivity contribution in [3.63, 3.8) is 0 Å². The van der Waals surface area contributed by atoms with Crippen LogP contribution in [0.15, 0.2) is 120 Å². The molecule has 0 amide bonds. The average molecular weight is 1050 g/mol. The minimum Gasteiger partial charge on any atom is -0.468 e. The van der Waals surface area contributed by atoms with Gasteiger partial charge in [-0.2, -0.15) is 0 Å². The van der Waals surface area contributed by atoms with Crippen LogP contribution in [0.3, 0.4) is 0 Å². The number of para-hydroxylation sites is 1. The van der Waals surface area contributed by atoms with Crippen LogP contribution in [0.1, 0.15) is 206 Å². The van der Waals surface area contributed by atoms with Crippen LogP contribution < -0.4 is 26.4 Å². The third-order valence-electron chi connectivity index (χ3n) is 21.9. The van der Waals surface area contributed by atoms with E-state index in [1.54, 1.807) is 0 Å². The molecule has 6 bridgehead atoms. The second kappa shape index (κ2) is 15.5. The molecule has 0 fully saturated rings. The molecule has 5 heterocycles. The Bertz CT molecular complexity index is 4200. The molecule has 80 heavy (non-hydrogen) atoms. The van der Waals surface area contributed by atoms with Gasteiger partial charge < -0.3 is 18.8 Å². The predicted octanol–water partition coefficient (Wildman–Crippen LogP) is 18.6. The maximum absolute atomic E-state index is 7.92. The minimum absolute atomic E-state index is 0.00759. The Balaban J connectivity index is 1.17. The van der Waals surface area contributed by atoms with Crippen molar-refractivity contribution >= 4 is 90.2 Å². The van der Waals surface area contributed by atoms with Gasteiger partial charge in [0.1, 0.15) is 5.58 Å². The van der Waals surface area contributed by atoms with Crippen molar-refractivity contribution in [2.24, 2.45) is 0 Å². The first-order valence-electron chi connectivity index (χ1n) is 30.4. The lowest BCUT2D eigenvalue weighted by Crippen LogP contribution is -2.61. The molecule has 5 heteroatoms. The van der Waals surface area contributed by atoms with Gasteiger partial charge in [0.05, 0.1) is 28.1 Å². The molecule has 3 aliphatic heterocycles. The number of rotatable bonds is 1. The molecule has 1 atom stereocenters. The van der Waals surface area contributed by atoms with Gasteiger partial charge in [0, 0.05) is 50.0 Å². The van der Waals surface area contributed by atoms with E-state index in [1.165, 1.54) is 128 Å². The van der Waals surface area contributed by atoms with Crippen LogP contribution in [0.25, 0.3) is 38.5 Å².